The lowest BCUT2D eigenvalue weighted by Gasteiger charge is -2.10. The predicted octanol–water partition coefficient (Wildman–Crippen LogP) is 2.99. The van der Waals surface area contributed by atoms with Crippen LogP contribution in [0.2, 0.25) is 0 Å². The van der Waals surface area contributed by atoms with Crippen molar-refractivity contribution in [1.29, 1.82) is 10.5 Å². The normalized spacial score (nSPS) is 10.0. The number of nitrogens with zero attached hydrogens (tertiary/aromatic N) is 2. The molecule has 0 aliphatic rings. The lowest BCUT2D eigenvalue weighted by Crippen LogP contribution is -2.16. The molecule has 0 saturated heterocycles. The molecular formula is C21H16N4O2. The van der Waals surface area contributed by atoms with Crippen LogP contribution in [0.5, 0.6) is 5.75 Å². The zero-order valence-corrected chi connectivity index (χ0v) is 14.4. The molecule has 0 amide bonds. The van der Waals surface area contributed by atoms with Gasteiger partial charge in [-0.1, -0.05) is 42.5 Å². The summed E-state index contributed by atoms with van der Waals surface area (Å²) in [5.41, 5.74) is 7.02. The minimum atomic E-state index is -0.618. The van der Waals surface area contributed by atoms with E-state index < -0.39 is 5.56 Å². The van der Waals surface area contributed by atoms with E-state index in [1.165, 1.54) is 5.56 Å². The molecule has 0 fully saturated rings. The molecule has 0 unspecified atom stereocenters. The first kappa shape index (κ1) is 17.8. The Morgan fingerprint density at radius 3 is 2.26 bits per heavy atom. The van der Waals surface area contributed by atoms with Gasteiger partial charge in [-0.25, -0.2) is 0 Å². The van der Waals surface area contributed by atoms with Crippen molar-refractivity contribution in [3.8, 4) is 29.0 Å². The lowest BCUT2D eigenvalue weighted by atomic mass is 9.96. The van der Waals surface area contributed by atoms with Crippen LogP contribution in [0.4, 0.5) is 5.82 Å². The van der Waals surface area contributed by atoms with E-state index in [9.17, 15) is 15.3 Å². The molecule has 3 aromatic rings. The van der Waals surface area contributed by atoms with Gasteiger partial charge in [-0.3, -0.25) is 4.79 Å². The largest absolute Gasteiger partial charge is 0.493 e. The van der Waals surface area contributed by atoms with E-state index in [2.05, 4.69) is 4.98 Å². The van der Waals surface area contributed by atoms with Crippen LogP contribution in [0, 0.1) is 22.7 Å². The minimum absolute atomic E-state index is 0.0558. The topological polar surface area (TPSA) is 116 Å². The van der Waals surface area contributed by atoms with Crippen molar-refractivity contribution >= 4 is 5.82 Å². The van der Waals surface area contributed by atoms with E-state index in [-0.39, 0.29) is 22.5 Å². The standard InChI is InChI=1S/C21H16N4O2/c22-12-17-19(18(13-23)21(26)25-20(17)24)15-6-8-16(9-7-15)27-11-10-14-4-2-1-3-5-14/h1-9H,10-11H2,(H3,24,25,26). The van der Waals surface area contributed by atoms with E-state index in [0.717, 1.165) is 6.42 Å². The SMILES string of the molecule is N#Cc1c(N)[nH]c(=O)c(C#N)c1-c1ccc(OCCc2ccccc2)cc1. The van der Waals surface area contributed by atoms with Gasteiger partial charge in [0.15, 0.2) is 0 Å². The van der Waals surface area contributed by atoms with Crippen LogP contribution in [0.25, 0.3) is 11.1 Å². The van der Waals surface area contributed by atoms with Crippen LogP contribution in [0.1, 0.15) is 16.7 Å². The van der Waals surface area contributed by atoms with Crippen molar-refractivity contribution < 1.29 is 4.74 Å². The lowest BCUT2D eigenvalue weighted by molar-refractivity contribution is 0.322. The molecule has 0 radical (unpaired) electrons. The summed E-state index contributed by atoms with van der Waals surface area (Å²) in [6, 6.07) is 20.7. The van der Waals surface area contributed by atoms with Crippen molar-refractivity contribution in [2.24, 2.45) is 0 Å². The molecule has 1 aromatic heterocycles. The van der Waals surface area contributed by atoms with Gasteiger partial charge in [-0.15, -0.1) is 0 Å². The van der Waals surface area contributed by atoms with Gasteiger partial charge in [0.05, 0.1) is 6.61 Å². The van der Waals surface area contributed by atoms with E-state index >= 15 is 0 Å². The number of hydrogen-bond acceptors (Lipinski definition) is 5. The van der Waals surface area contributed by atoms with Crippen LogP contribution < -0.4 is 16.0 Å². The molecular weight excluding hydrogens is 340 g/mol. The van der Waals surface area contributed by atoms with Crippen molar-refractivity contribution in [3.63, 3.8) is 0 Å². The van der Waals surface area contributed by atoms with Gasteiger partial charge >= 0.3 is 0 Å². The summed E-state index contributed by atoms with van der Waals surface area (Å²) >= 11 is 0. The van der Waals surface area contributed by atoms with Gasteiger partial charge in [0.2, 0.25) is 0 Å². The monoisotopic (exact) mass is 356 g/mol. The van der Waals surface area contributed by atoms with Gasteiger partial charge in [0.1, 0.15) is 34.8 Å². The highest BCUT2D eigenvalue weighted by atomic mass is 16.5. The second-order valence-corrected chi connectivity index (χ2v) is 5.82. The fraction of sp³-hybridized carbons (Fsp3) is 0.0952. The third-order valence-corrected chi connectivity index (χ3v) is 4.11. The molecule has 2 aromatic carbocycles. The predicted molar refractivity (Wildman–Crippen MR) is 102 cm³/mol. The number of aromatic nitrogens is 1. The summed E-state index contributed by atoms with van der Waals surface area (Å²) in [6.45, 7) is 0.522. The molecule has 27 heavy (non-hydrogen) atoms. The summed E-state index contributed by atoms with van der Waals surface area (Å²) in [7, 11) is 0. The fourth-order valence-corrected chi connectivity index (χ4v) is 2.78. The highest BCUT2D eigenvalue weighted by Gasteiger charge is 2.17. The Hall–Kier alpha value is -4.03. The number of aromatic amines is 1. The Morgan fingerprint density at radius 2 is 1.63 bits per heavy atom. The second-order valence-electron chi connectivity index (χ2n) is 5.82. The molecule has 132 valence electrons. The molecule has 3 N–H and O–H groups in total. The molecule has 6 heteroatoms. The van der Waals surface area contributed by atoms with Crippen LogP contribution in [0.15, 0.2) is 59.4 Å². The number of nitrogens with two attached hydrogens (primary N) is 1. The van der Waals surface area contributed by atoms with Crippen molar-refractivity contribution in [1.82, 2.24) is 4.98 Å². The van der Waals surface area contributed by atoms with E-state index in [4.69, 9.17) is 10.5 Å². The van der Waals surface area contributed by atoms with Crippen LogP contribution in [0.3, 0.4) is 0 Å². The van der Waals surface area contributed by atoms with E-state index in [1.807, 2.05) is 42.5 Å². The molecule has 0 aliphatic carbocycles. The van der Waals surface area contributed by atoms with Gasteiger partial charge < -0.3 is 15.5 Å². The highest BCUT2D eigenvalue weighted by molar-refractivity contribution is 5.80. The Kier molecular flexibility index (Phi) is 5.20. The first-order valence-corrected chi connectivity index (χ1v) is 8.27. The molecule has 0 aliphatic heterocycles. The maximum absolute atomic E-state index is 12.0. The summed E-state index contributed by atoms with van der Waals surface area (Å²) in [6.07, 6.45) is 0.782. The third-order valence-electron chi connectivity index (χ3n) is 4.11. The number of hydrogen-bond donors (Lipinski definition) is 2. The maximum Gasteiger partial charge on any atom is 0.268 e. The number of nitrogens with one attached hydrogen (secondary N) is 1. The quantitative estimate of drug-likeness (QED) is 0.729. The number of benzene rings is 2. The third kappa shape index (κ3) is 3.81. The number of nitriles is 2. The molecule has 6 nitrogen and oxygen atoms in total. The Morgan fingerprint density at radius 1 is 0.963 bits per heavy atom. The van der Waals surface area contributed by atoms with E-state index in [1.54, 1.807) is 24.3 Å². The van der Waals surface area contributed by atoms with Crippen LogP contribution in [-0.2, 0) is 6.42 Å². The maximum atomic E-state index is 12.0. The summed E-state index contributed by atoms with van der Waals surface area (Å²) in [5, 5.41) is 18.7. The van der Waals surface area contributed by atoms with Crippen molar-refractivity contribution in [2.75, 3.05) is 12.3 Å². The summed E-state index contributed by atoms with van der Waals surface area (Å²) in [5.74, 6) is 0.601. The molecule has 0 spiro atoms. The Labute approximate surface area is 156 Å². The smallest absolute Gasteiger partial charge is 0.268 e. The summed E-state index contributed by atoms with van der Waals surface area (Å²) in [4.78, 5) is 14.3. The zero-order valence-electron chi connectivity index (χ0n) is 14.4. The highest BCUT2D eigenvalue weighted by Crippen LogP contribution is 2.29. The fourth-order valence-electron chi connectivity index (χ4n) is 2.78. The number of ether oxygens (including phenoxy) is 1. The van der Waals surface area contributed by atoms with Crippen LogP contribution >= 0.6 is 0 Å². The van der Waals surface area contributed by atoms with Gasteiger partial charge in [-0.05, 0) is 23.3 Å². The van der Waals surface area contributed by atoms with E-state index in [0.29, 0.717) is 17.9 Å². The molecule has 3 rings (SSSR count). The molecule has 1 heterocycles. The van der Waals surface area contributed by atoms with Crippen LogP contribution in [-0.4, -0.2) is 11.6 Å². The first-order chi connectivity index (χ1) is 13.1. The minimum Gasteiger partial charge on any atom is -0.493 e. The first-order valence-electron chi connectivity index (χ1n) is 8.27. The number of H-pyrrole nitrogens is 1. The average molecular weight is 356 g/mol. The van der Waals surface area contributed by atoms with Gasteiger partial charge in [0, 0.05) is 12.0 Å². The number of anilines is 1. The Bertz CT molecular complexity index is 1090. The molecule has 0 atom stereocenters. The van der Waals surface area contributed by atoms with Crippen molar-refractivity contribution in [3.05, 3.63) is 81.6 Å². The van der Waals surface area contributed by atoms with Gasteiger partial charge in [-0.2, -0.15) is 10.5 Å². The van der Waals surface area contributed by atoms with Gasteiger partial charge in [0.25, 0.3) is 5.56 Å². The zero-order chi connectivity index (χ0) is 19.2. The average Bonchev–Trinajstić information content (AvgIpc) is 2.69. The van der Waals surface area contributed by atoms with Crippen molar-refractivity contribution in [2.45, 2.75) is 6.42 Å². The molecule has 0 saturated carbocycles. The summed E-state index contributed by atoms with van der Waals surface area (Å²) < 4.78 is 5.74. The number of nitrogen functional groups attached to an aromatic ring is 1. The number of rotatable bonds is 5. The second kappa shape index (κ2) is 7.90. The number of pyridine rings is 1. The molecule has 0 bridgehead atoms. The Balaban J connectivity index is 1.83.